The summed E-state index contributed by atoms with van der Waals surface area (Å²) in [4.78, 5) is 20.1. The second-order valence-corrected chi connectivity index (χ2v) is 6.08. The molecule has 0 saturated heterocycles. The third kappa shape index (κ3) is 2.47. The van der Waals surface area contributed by atoms with Crippen molar-refractivity contribution in [1.29, 1.82) is 0 Å². The molecule has 0 aliphatic rings. The number of H-pyrrole nitrogens is 1. The minimum Gasteiger partial charge on any atom is -0.310 e. The highest BCUT2D eigenvalue weighted by Gasteiger charge is 2.18. The molecule has 0 atom stereocenters. The largest absolute Gasteiger partial charge is 0.310 e. The molecule has 0 radical (unpaired) electrons. The van der Waals surface area contributed by atoms with Gasteiger partial charge < -0.3 is 4.98 Å². The van der Waals surface area contributed by atoms with Gasteiger partial charge in [-0.2, -0.15) is 0 Å². The predicted octanol–water partition coefficient (Wildman–Crippen LogP) is 3.10. The first-order valence-corrected chi connectivity index (χ1v) is 6.42. The zero-order valence-electron chi connectivity index (χ0n) is 10.5. The third-order valence-electron chi connectivity index (χ3n) is 2.55. The highest BCUT2D eigenvalue weighted by Crippen LogP contribution is 2.27. The van der Waals surface area contributed by atoms with E-state index < -0.39 is 0 Å². The summed E-state index contributed by atoms with van der Waals surface area (Å²) in [7, 11) is 0. The van der Waals surface area contributed by atoms with Gasteiger partial charge in [-0.25, -0.2) is 4.98 Å². The molecule has 0 unspecified atom stereocenters. The van der Waals surface area contributed by atoms with E-state index in [1.165, 1.54) is 0 Å². The van der Waals surface area contributed by atoms with Crippen molar-refractivity contribution in [3.63, 3.8) is 0 Å². The van der Waals surface area contributed by atoms with Gasteiger partial charge in [0.25, 0.3) is 5.56 Å². The van der Waals surface area contributed by atoms with Crippen LogP contribution < -0.4 is 5.56 Å². The van der Waals surface area contributed by atoms with E-state index in [1.54, 1.807) is 17.4 Å². The molecule has 1 N–H and O–H groups in total. The molecule has 0 fully saturated rings. The molecule has 0 aromatic carbocycles. The Kier molecular flexibility index (Phi) is 2.91. The summed E-state index contributed by atoms with van der Waals surface area (Å²) in [6.45, 7) is 8.15. The zero-order valence-corrected chi connectivity index (χ0v) is 11.3. The van der Waals surface area contributed by atoms with Crippen molar-refractivity contribution in [1.82, 2.24) is 9.97 Å². The fourth-order valence-electron chi connectivity index (χ4n) is 1.56. The number of nitrogens with one attached hydrogen (secondary N) is 1. The SMILES string of the molecule is Cc1ccsc1-c1cc(=O)[nH]c(C(C)(C)C)n1. The van der Waals surface area contributed by atoms with Gasteiger partial charge >= 0.3 is 0 Å². The van der Waals surface area contributed by atoms with Crippen LogP contribution in [-0.2, 0) is 5.41 Å². The molecular formula is C13H16N2OS. The molecule has 0 aliphatic carbocycles. The number of hydrogen-bond acceptors (Lipinski definition) is 3. The van der Waals surface area contributed by atoms with Gasteiger partial charge in [0, 0.05) is 11.5 Å². The number of hydrogen-bond donors (Lipinski definition) is 1. The van der Waals surface area contributed by atoms with Gasteiger partial charge in [0.15, 0.2) is 0 Å². The highest BCUT2D eigenvalue weighted by molar-refractivity contribution is 7.13. The Labute approximate surface area is 105 Å². The lowest BCUT2D eigenvalue weighted by Gasteiger charge is -2.17. The van der Waals surface area contributed by atoms with Gasteiger partial charge in [0.2, 0.25) is 0 Å². The fourth-order valence-corrected chi connectivity index (χ4v) is 2.45. The molecule has 4 heteroatoms. The number of rotatable bonds is 1. The third-order valence-corrected chi connectivity index (χ3v) is 3.59. The van der Waals surface area contributed by atoms with Gasteiger partial charge in [-0.1, -0.05) is 20.8 Å². The van der Waals surface area contributed by atoms with Crippen LogP contribution in [0.2, 0.25) is 0 Å². The monoisotopic (exact) mass is 248 g/mol. The Morgan fingerprint density at radius 2 is 2.06 bits per heavy atom. The Bertz CT molecular complexity index is 590. The predicted molar refractivity (Wildman–Crippen MR) is 71.6 cm³/mol. The maximum Gasteiger partial charge on any atom is 0.251 e. The van der Waals surface area contributed by atoms with E-state index in [0.29, 0.717) is 0 Å². The Balaban J connectivity index is 2.61. The summed E-state index contributed by atoms with van der Waals surface area (Å²) in [5.74, 6) is 0.729. The summed E-state index contributed by atoms with van der Waals surface area (Å²) in [5, 5.41) is 2.02. The first kappa shape index (κ1) is 12.0. The van der Waals surface area contributed by atoms with Crippen LogP contribution in [0.5, 0.6) is 0 Å². The van der Waals surface area contributed by atoms with Crippen molar-refractivity contribution in [3.05, 3.63) is 39.3 Å². The van der Waals surface area contributed by atoms with Gasteiger partial charge in [-0.3, -0.25) is 4.79 Å². The molecule has 3 nitrogen and oxygen atoms in total. The molecule has 2 aromatic rings. The topological polar surface area (TPSA) is 45.8 Å². The first-order valence-electron chi connectivity index (χ1n) is 5.54. The normalized spacial score (nSPS) is 11.8. The number of thiophene rings is 1. The molecule has 0 amide bonds. The number of nitrogens with zero attached hydrogens (tertiary/aromatic N) is 1. The first-order chi connectivity index (χ1) is 7.88. The summed E-state index contributed by atoms with van der Waals surface area (Å²) < 4.78 is 0. The fraction of sp³-hybridized carbons (Fsp3) is 0.385. The molecular weight excluding hydrogens is 232 g/mol. The van der Waals surface area contributed by atoms with E-state index in [9.17, 15) is 4.79 Å². The second kappa shape index (κ2) is 4.11. The molecule has 2 rings (SSSR count). The Hall–Kier alpha value is -1.42. The molecule has 0 spiro atoms. The Morgan fingerprint density at radius 1 is 1.35 bits per heavy atom. The Morgan fingerprint density at radius 3 is 2.59 bits per heavy atom. The van der Waals surface area contributed by atoms with Crippen molar-refractivity contribution in [3.8, 4) is 10.6 Å². The smallest absolute Gasteiger partial charge is 0.251 e. The average molecular weight is 248 g/mol. The molecule has 2 aromatic heterocycles. The maximum atomic E-state index is 11.7. The van der Waals surface area contributed by atoms with Crippen LogP contribution in [0.4, 0.5) is 0 Å². The molecule has 0 saturated carbocycles. The number of aryl methyl sites for hydroxylation is 1. The summed E-state index contributed by atoms with van der Waals surface area (Å²) in [6, 6.07) is 3.60. The number of aromatic nitrogens is 2. The van der Waals surface area contributed by atoms with Crippen LogP contribution in [0.1, 0.15) is 32.2 Å². The average Bonchev–Trinajstić information content (AvgIpc) is 2.62. The van der Waals surface area contributed by atoms with E-state index in [0.717, 1.165) is 22.0 Å². The van der Waals surface area contributed by atoms with Crippen LogP contribution in [0.25, 0.3) is 10.6 Å². The number of aromatic amines is 1. The standard InChI is InChI=1S/C13H16N2OS/c1-8-5-6-17-11(8)9-7-10(16)15-12(14-9)13(2,3)4/h5-7H,1-4H3,(H,14,15,16). The summed E-state index contributed by atoms with van der Waals surface area (Å²) in [6.07, 6.45) is 0. The lowest BCUT2D eigenvalue weighted by atomic mass is 9.95. The molecule has 0 bridgehead atoms. The van der Waals surface area contributed by atoms with Crippen LogP contribution in [0, 0.1) is 6.92 Å². The lowest BCUT2D eigenvalue weighted by Crippen LogP contribution is -2.21. The van der Waals surface area contributed by atoms with E-state index in [4.69, 9.17) is 0 Å². The van der Waals surface area contributed by atoms with Gasteiger partial charge in [0.1, 0.15) is 5.82 Å². The van der Waals surface area contributed by atoms with Crippen molar-refractivity contribution in [2.75, 3.05) is 0 Å². The summed E-state index contributed by atoms with van der Waals surface area (Å²) in [5.41, 5.74) is 1.69. The van der Waals surface area contributed by atoms with E-state index in [-0.39, 0.29) is 11.0 Å². The van der Waals surface area contributed by atoms with Crippen LogP contribution in [-0.4, -0.2) is 9.97 Å². The maximum absolute atomic E-state index is 11.7. The van der Waals surface area contributed by atoms with Gasteiger partial charge in [-0.15, -0.1) is 11.3 Å². The molecule has 2 heterocycles. The van der Waals surface area contributed by atoms with E-state index in [2.05, 4.69) is 9.97 Å². The van der Waals surface area contributed by atoms with Crippen molar-refractivity contribution >= 4 is 11.3 Å². The van der Waals surface area contributed by atoms with Crippen LogP contribution >= 0.6 is 11.3 Å². The van der Waals surface area contributed by atoms with Gasteiger partial charge in [0.05, 0.1) is 10.6 Å². The van der Waals surface area contributed by atoms with E-state index in [1.807, 2.05) is 39.1 Å². The highest BCUT2D eigenvalue weighted by atomic mass is 32.1. The minimum atomic E-state index is -0.152. The van der Waals surface area contributed by atoms with Crippen molar-refractivity contribution in [2.45, 2.75) is 33.1 Å². The van der Waals surface area contributed by atoms with Crippen molar-refractivity contribution < 1.29 is 0 Å². The second-order valence-electron chi connectivity index (χ2n) is 5.16. The molecule has 0 aliphatic heterocycles. The van der Waals surface area contributed by atoms with Crippen LogP contribution in [0.3, 0.4) is 0 Å². The van der Waals surface area contributed by atoms with Gasteiger partial charge in [-0.05, 0) is 23.9 Å². The lowest BCUT2D eigenvalue weighted by molar-refractivity contribution is 0.543. The zero-order chi connectivity index (χ0) is 12.6. The summed E-state index contributed by atoms with van der Waals surface area (Å²) >= 11 is 1.62. The van der Waals surface area contributed by atoms with Crippen LogP contribution in [0.15, 0.2) is 22.3 Å². The van der Waals surface area contributed by atoms with Crippen molar-refractivity contribution in [2.24, 2.45) is 0 Å². The molecule has 90 valence electrons. The minimum absolute atomic E-state index is 0.0901. The quantitative estimate of drug-likeness (QED) is 0.843. The molecule has 17 heavy (non-hydrogen) atoms. The van der Waals surface area contributed by atoms with E-state index >= 15 is 0 Å².